The summed E-state index contributed by atoms with van der Waals surface area (Å²) in [7, 11) is 1.49. The number of rotatable bonds is 5. The fraction of sp³-hybridized carbons (Fsp3) is 0.200. The Morgan fingerprint density at radius 1 is 0.909 bits per heavy atom. The van der Waals surface area contributed by atoms with Gasteiger partial charge in [0.25, 0.3) is 0 Å². The standard InChI is InChI=1S/C35H27BrN2O6/c1-44-21-11-12-23(28(39)15-21)30-22-13-14-24-31(25(22)16-26-32(30)29(40)17-27(36)33(26)41)35(43)38(34(24)42)20-9-7-19(8-10-20)37-18-5-3-2-4-6-18/h2-13,15,17,24-25,30-31,37,39H,14,16H2,1H3/t24-,25+,30+,31-/m0/s1. The molecule has 0 bridgehead atoms. The monoisotopic (exact) mass is 650 g/mol. The number of phenols is 1. The molecule has 3 aliphatic carbocycles. The highest BCUT2D eigenvalue weighted by Gasteiger charge is 2.56. The zero-order valence-corrected chi connectivity index (χ0v) is 25.2. The SMILES string of the molecule is COc1ccc([C@H]2C3=CC[C@@H]4C(=O)N(c5ccc(Nc6ccccc6)cc5)C(=O)[C@@H]4[C@@H]3CC3=C2C(=O)C=C(Br)C3=O)c(O)c1. The van der Waals surface area contributed by atoms with E-state index in [0.29, 0.717) is 34.6 Å². The number of para-hydroxylation sites is 1. The van der Waals surface area contributed by atoms with Crippen LogP contribution in [-0.4, -0.2) is 35.6 Å². The van der Waals surface area contributed by atoms with Crippen LogP contribution in [0.25, 0.3) is 0 Å². The number of nitrogens with zero attached hydrogens (tertiary/aromatic N) is 1. The Labute approximate surface area is 261 Å². The highest BCUT2D eigenvalue weighted by molar-refractivity contribution is 9.12. The van der Waals surface area contributed by atoms with Crippen molar-refractivity contribution in [3.63, 3.8) is 0 Å². The van der Waals surface area contributed by atoms with Crippen molar-refractivity contribution in [3.8, 4) is 11.5 Å². The number of methoxy groups -OCH3 is 1. The van der Waals surface area contributed by atoms with Gasteiger partial charge in [-0.25, -0.2) is 0 Å². The van der Waals surface area contributed by atoms with Crippen LogP contribution in [0.1, 0.15) is 24.3 Å². The van der Waals surface area contributed by atoms with E-state index in [1.807, 2.05) is 48.5 Å². The number of hydrogen-bond acceptors (Lipinski definition) is 7. The van der Waals surface area contributed by atoms with Gasteiger partial charge in [0.05, 0.1) is 29.1 Å². The molecule has 4 aliphatic rings. The molecule has 0 radical (unpaired) electrons. The summed E-state index contributed by atoms with van der Waals surface area (Å²) in [5.41, 5.74) is 4.02. The highest BCUT2D eigenvalue weighted by Crippen LogP contribution is 2.56. The number of phenolic OH excluding ortho intramolecular Hbond substituents is 1. The summed E-state index contributed by atoms with van der Waals surface area (Å²) in [5.74, 6) is -3.47. The molecule has 1 saturated heterocycles. The minimum Gasteiger partial charge on any atom is -0.507 e. The van der Waals surface area contributed by atoms with E-state index in [4.69, 9.17) is 4.74 Å². The smallest absolute Gasteiger partial charge is 0.238 e. The number of carbonyl (C=O) groups excluding carboxylic acids is 4. The van der Waals surface area contributed by atoms with E-state index in [9.17, 15) is 24.3 Å². The summed E-state index contributed by atoms with van der Waals surface area (Å²) in [4.78, 5) is 56.0. The van der Waals surface area contributed by atoms with Gasteiger partial charge >= 0.3 is 0 Å². The van der Waals surface area contributed by atoms with Crippen LogP contribution in [0.5, 0.6) is 11.5 Å². The number of aromatic hydroxyl groups is 1. The molecule has 0 spiro atoms. The fourth-order valence-corrected chi connectivity index (χ4v) is 7.54. The molecular formula is C35H27BrN2O6. The number of fused-ring (bicyclic) bond motifs is 3. The Bertz CT molecular complexity index is 1840. The number of ether oxygens (including phenoxy) is 1. The topological polar surface area (TPSA) is 113 Å². The zero-order valence-electron chi connectivity index (χ0n) is 23.6. The number of allylic oxidation sites excluding steroid dienone is 6. The van der Waals surface area contributed by atoms with Crippen molar-refractivity contribution in [2.45, 2.75) is 18.8 Å². The summed E-state index contributed by atoms with van der Waals surface area (Å²) in [6.07, 6.45) is 3.65. The molecule has 0 saturated carbocycles. The van der Waals surface area contributed by atoms with E-state index in [1.165, 1.54) is 24.2 Å². The van der Waals surface area contributed by atoms with Crippen LogP contribution in [0.3, 0.4) is 0 Å². The van der Waals surface area contributed by atoms with Crippen LogP contribution in [0.4, 0.5) is 17.1 Å². The number of amides is 2. The second-order valence-electron chi connectivity index (χ2n) is 11.4. The van der Waals surface area contributed by atoms with Crippen molar-refractivity contribution in [1.82, 2.24) is 0 Å². The molecule has 8 nitrogen and oxygen atoms in total. The molecule has 2 amide bonds. The van der Waals surface area contributed by atoms with E-state index in [2.05, 4.69) is 21.2 Å². The van der Waals surface area contributed by atoms with Gasteiger partial charge < -0.3 is 15.2 Å². The molecule has 3 aromatic carbocycles. The Kier molecular flexibility index (Phi) is 6.85. The van der Waals surface area contributed by atoms with E-state index < -0.39 is 23.7 Å². The van der Waals surface area contributed by atoms with E-state index >= 15 is 0 Å². The number of imide groups is 1. The Hall–Kier alpha value is -4.76. The van der Waals surface area contributed by atoms with Crippen molar-refractivity contribution in [2.24, 2.45) is 17.8 Å². The third kappa shape index (κ3) is 4.42. The van der Waals surface area contributed by atoms with Crippen LogP contribution in [0, 0.1) is 17.8 Å². The summed E-state index contributed by atoms with van der Waals surface area (Å²) in [6, 6.07) is 21.7. The largest absolute Gasteiger partial charge is 0.507 e. The van der Waals surface area contributed by atoms with E-state index in [1.54, 1.807) is 24.3 Å². The molecule has 1 fully saturated rings. The first-order valence-electron chi connectivity index (χ1n) is 14.3. The lowest BCUT2D eigenvalue weighted by atomic mass is 9.59. The minimum atomic E-state index is -0.746. The molecule has 1 heterocycles. The molecule has 44 heavy (non-hydrogen) atoms. The van der Waals surface area contributed by atoms with Crippen LogP contribution in [-0.2, 0) is 19.2 Å². The van der Waals surface area contributed by atoms with Gasteiger partial charge in [-0.3, -0.25) is 24.1 Å². The Morgan fingerprint density at radius 2 is 1.64 bits per heavy atom. The summed E-state index contributed by atoms with van der Waals surface area (Å²) < 4.78 is 5.41. The first kappa shape index (κ1) is 28.0. The highest BCUT2D eigenvalue weighted by atomic mass is 79.9. The number of nitrogens with one attached hydrogen (secondary N) is 1. The van der Waals surface area contributed by atoms with Crippen molar-refractivity contribution in [2.75, 3.05) is 17.3 Å². The summed E-state index contributed by atoms with van der Waals surface area (Å²) in [6.45, 7) is 0. The average Bonchev–Trinajstić information content (AvgIpc) is 3.29. The molecule has 7 rings (SSSR count). The zero-order chi connectivity index (χ0) is 30.7. The third-order valence-electron chi connectivity index (χ3n) is 9.07. The van der Waals surface area contributed by atoms with Gasteiger partial charge in [-0.2, -0.15) is 0 Å². The first-order valence-corrected chi connectivity index (χ1v) is 15.1. The van der Waals surface area contributed by atoms with Gasteiger partial charge in [0.2, 0.25) is 11.8 Å². The number of Topliss-reactive ketones (excluding diaryl/α,β-unsaturated/α-hetero) is 1. The molecule has 9 heteroatoms. The van der Waals surface area contributed by atoms with Crippen molar-refractivity contribution < 1.29 is 29.0 Å². The Balaban J connectivity index is 1.26. The quantitative estimate of drug-likeness (QED) is 0.195. The maximum absolute atomic E-state index is 14.2. The molecular weight excluding hydrogens is 624 g/mol. The summed E-state index contributed by atoms with van der Waals surface area (Å²) in [5, 5.41) is 14.4. The van der Waals surface area contributed by atoms with E-state index in [0.717, 1.165) is 16.9 Å². The van der Waals surface area contributed by atoms with Crippen LogP contribution in [0.2, 0.25) is 0 Å². The second kappa shape index (κ2) is 10.7. The maximum Gasteiger partial charge on any atom is 0.238 e. The van der Waals surface area contributed by atoms with Crippen molar-refractivity contribution >= 4 is 56.4 Å². The van der Waals surface area contributed by atoms with Gasteiger partial charge in [0.15, 0.2) is 11.6 Å². The lowest BCUT2D eigenvalue weighted by Crippen LogP contribution is -2.39. The van der Waals surface area contributed by atoms with Crippen LogP contribution >= 0.6 is 15.9 Å². The first-order chi connectivity index (χ1) is 21.3. The third-order valence-corrected chi connectivity index (χ3v) is 9.66. The second-order valence-corrected chi connectivity index (χ2v) is 12.2. The number of ketones is 2. The van der Waals surface area contributed by atoms with Crippen LogP contribution in [0.15, 0.2) is 106 Å². The molecule has 3 aromatic rings. The maximum atomic E-state index is 14.2. The van der Waals surface area contributed by atoms with E-state index in [-0.39, 0.29) is 40.0 Å². The number of hydrogen-bond donors (Lipinski definition) is 2. The van der Waals surface area contributed by atoms with Gasteiger partial charge in [-0.05, 0) is 77.2 Å². The Morgan fingerprint density at radius 3 is 2.34 bits per heavy atom. The predicted octanol–water partition coefficient (Wildman–Crippen LogP) is 6.11. The molecule has 0 aromatic heterocycles. The van der Waals surface area contributed by atoms with Gasteiger partial charge in [-0.15, -0.1) is 0 Å². The lowest BCUT2D eigenvalue weighted by Gasteiger charge is -2.42. The number of anilines is 3. The normalized spacial score (nSPS) is 24.4. The number of halogens is 1. The van der Waals surface area contributed by atoms with Crippen LogP contribution < -0.4 is 15.0 Å². The van der Waals surface area contributed by atoms with Gasteiger partial charge in [0.1, 0.15) is 11.5 Å². The molecule has 2 N–H and O–H groups in total. The van der Waals surface area contributed by atoms with Gasteiger partial charge in [0, 0.05) is 46.1 Å². The molecule has 220 valence electrons. The van der Waals surface area contributed by atoms with Gasteiger partial charge in [-0.1, -0.05) is 35.9 Å². The molecule has 4 atom stereocenters. The van der Waals surface area contributed by atoms with Crippen molar-refractivity contribution in [1.29, 1.82) is 0 Å². The fourth-order valence-electron chi connectivity index (χ4n) is 7.09. The lowest BCUT2D eigenvalue weighted by molar-refractivity contribution is -0.123. The predicted molar refractivity (Wildman–Crippen MR) is 168 cm³/mol. The molecule has 1 aliphatic heterocycles. The molecule has 0 unspecified atom stereocenters. The number of carbonyl (C=O) groups is 4. The average molecular weight is 652 g/mol. The number of benzene rings is 3. The minimum absolute atomic E-state index is 0.0848. The summed E-state index contributed by atoms with van der Waals surface area (Å²) >= 11 is 3.24. The van der Waals surface area contributed by atoms with Crippen molar-refractivity contribution in [3.05, 3.63) is 112 Å².